The lowest BCUT2D eigenvalue weighted by molar-refractivity contribution is 0.290. The molecule has 0 aromatic heterocycles. The Balaban J connectivity index is 1.45. The molecule has 4 rings (SSSR count). The van der Waals surface area contributed by atoms with Gasteiger partial charge in [-0.05, 0) is 35.2 Å². The van der Waals surface area contributed by atoms with E-state index in [1.165, 1.54) is 6.07 Å². The van der Waals surface area contributed by atoms with Crippen LogP contribution in [0.4, 0.5) is 13.2 Å². The summed E-state index contributed by atoms with van der Waals surface area (Å²) in [7, 11) is 0. The Bertz CT molecular complexity index is 1010. The predicted molar refractivity (Wildman–Crippen MR) is 105 cm³/mol. The number of epoxide rings is 1. The molecule has 1 atom stereocenters. The summed E-state index contributed by atoms with van der Waals surface area (Å²) in [4.78, 5) is 0. The van der Waals surface area contributed by atoms with Crippen LogP contribution in [-0.2, 0) is 17.8 Å². The molecule has 3 aromatic rings. The van der Waals surface area contributed by atoms with Gasteiger partial charge in [-0.1, -0.05) is 55.8 Å². The van der Waals surface area contributed by atoms with E-state index in [1.807, 2.05) is 13.0 Å². The molecule has 1 heterocycles. The highest BCUT2D eigenvalue weighted by atomic mass is 19.2. The van der Waals surface area contributed by atoms with Crippen molar-refractivity contribution in [2.45, 2.75) is 32.5 Å². The van der Waals surface area contributed by atoms with Gasteiger partial charge in [0.05, 0.1) is 6.61 Å². The van der Waals surface area contributed by atoms with Crippen LogP contribution in [0.1, 0.15) is 36.1 Å². The number of hydrogen-bond donors (Lipinski definition) is 0. The third kappa shape index (κ3) is 4.30. The van der Waals surface area contributed by atoms with E-state index in [0.717, 1.165) is 24.0 Å². The molecule has 0 radical (unpaired) electrons. The summed E-state index contributed by atoms with van der Waals surface area (Å²) < 4.78 is 53.4. The first-order valence-electron chi connectivity index (χ1n) is 9.67. The SMILES string of the molecule is CCCc1ccc(OCc2ccc(-c3ccc(C4CO4)c(F)c3F)cc2)c(F)c1. The van der Waals surface area contributed by atoms with Crippen molar-refractivity contribution in [3.8, 4) is 16.9 Å². The highest BCUT2D eigenvalue weighted by Gasteiger charge is 2.30. The van der Waals surface area contributed by atoms with Gasteiger partial charge in [0.15, 0.2) is 23.2 Å². The maximum Gasteiger partial charge on any atom is 0.167 e. The Morgan fingerprint density at radius 1 is 0.931 bits per heavy atom. The van der Waals surface area contributed by atoms with Crippen LogP contribution in [0.3, 0.4) is 0 Å². The number of halogens is 3. The smallest absolute Gasteiger partial charge is 0.167 e. The predicted octanol–water partition coefficient (Wildman–Crippen LogP) is 6.37. The molecule has 3 aromatic carbocycles. The van der Waals surface area contributed by atoms with Crippen LogP contribution in [0.5, 0.6) is 5.75 Å². The van der Waals surface area contributed by atoms with E-state index in [0.29, 0.717) is 12.2 Å². The van der Waals surface area contributed by atoms with Crippen molar-refractivity contribution in [2.24, 2.45) is 0 Å². The van der Waals surface area contributed by atoms with E-state index in [1.54, 1.807) is 42.5 Å². The van der Waals surface area contributed by atoms with Crippen LogP contribution in [0, 0.1) is 17.5 Å². The molecule has 2 nitrogen and oxygen atoms in total. The largest absolute Gasteiger partial charge is 0.486 e. The number of aryl methyl sites for hydroxylation is 1. The van der Waals surface area contributed by atoms with Crippen LogP contribution >= 0.6 is 0 Å². The van der Waals surface area contributed by atoms with Gasteiger partial charge in [0.1, 0.15) is 12.7 Å². The minimum absolute atomic E-state index is 0.180. The number of benzene rings is 3. The zero-order chi connectivity index (χ0) is 20.4. The third-order valence-corrected chi connectivity index (χ3v) is 4.99. The van der Waals surface area contributed by atoms with Crippen LogP contribution in [-0.4, -0.2) is 6.61 Å². The van der Waals surface area contributed by atoms with Crippen molar-refractivity contribution in [3.63, 3.8) is 0 Å². The molecule has 0 bridgehead atoms. The first-order valence-corrected chi connectivity index (χ1v) is 9.67. The lowest BCUT2D eigenvalue weighted by Crippen LogP contribution is -1.99. The normalized spacial score (nSPS) is 15.4. The molecular formula is C24H21F3O2. The van der Waals surface area contributed by atoms with Gasteiger partial charge in [-0.2, -0.15) is 0 Å². The first-order chi connectivity index (χ1) is 14.1. The van der Waals surface area contributed by atoms with E-state index in [4.69, 9.17) is 9.47 Å². The summed E-state index contributed by atoms with van der Waals surface area (Å²) in [5, 5.41) is 0. The summed E-state index contributed by atoms with van der Waals surface area (Å²) in [5.41, 5.74) is 2.74. The van der Waals surface area contributed by atoms with Gasteiger partial charge in [0, 0.05) is 11.1 Å². The van der Waals surface area contributed by atoms with Crippen molar-refractivity contribution in [1.29, 1.82) is 0 Å². The second-order valence-electron chi connectivity index (χ2n) is 7.15. The van der Waals surface area contributed by atoms with Crippen LogP contribution < -0.4 is 4.74 Å². The summed E-state index contributed by atoms with van der Waals surface area (Å²) in [6.07, 6.45) is 1.44. The van der Waals surface area contributed by atoms with Gasteiger partial charge >= 0.3 is 0 Å². The molecule has 1 aliphatic rings. The molecule has 0 aliphatic carbocycles. The Hall–Kier alpha value is -2.79. The maximum absolute atomic E-state index is 14.4. The van der Waals surface area contributed by atoms with Gasteiger partial charge in [-0.25, -0.2) is 13.2 Å². The second kappa shape index (κ2) is 8.29. The van der Waals surface area contributed by atoms with Gasteiger partial charge in [-0.15, -0.1) is 0 Å². The van der Waals surface area contributed by atoms with Crippen molar-refractivity contribution >= 4 is 0 Å². The molecule has 0 N–H and O–H groups in total. The Labute approximate surface area is 167 Å². The van der Waals surface area contributed by atoms with Crippen molar-refractivity contribution < 1.29 is 22.6 Å². The van der Waals surface area contributed by atoms with Crippen molar-refractivity contribution in [2.75, 3.05) is 6.61 Å². The molecule has 0 amide bonds. The molecule has 29 heavy (non-hydrogen) atoms. The second-order valence-corrected chi connectivity index (χ2v) is 7.15. The fourth-order valence-corrected chi connectivity index (χ4v) is 3.31. The standard InChI is InChI=1S/C24H21F3O2/c1-2-3-15-6-11-21(20(25)12-15)28-13-16-4-7-17(8-5-16)18-9-10-19(22-14-29-22)24(27)23(18)26/h4-12,22H,2-3,13-14H2,1H3. The third-order valence-electron chi connectivity index (χ3n) is 4.99. The molecule has 1 saturated heterocycles. The van der Waals surface area contributed by atoms with E-state index >= 15 is 0 Å². The zero-order valence-electron chi connectivity index (χ0n) is 16.1. The summed E-state index contributed by atoms with van der Waals surface area (Å²) >= 11 is 0. The molecule has 0 spiro atoms. The van der Waals surface area contributed by atoms with Gasteiger partial charge in [0.25, 0.3) is 0 Å². The van der Waals surface area contributed by atoms with E-state index in [-0.39, 0.29) is 35.4 Å². The average molecular weight is 398 g/mol. The van der Waals surface area contributed by atoms with E-state index < -0.39 is 11.6 Å². The molecule has 1 fully saturated rings. The van der Waals surface area contributed by atoms with Crippen LogP contribution in [0.2, 0.25) is 0 Å². The molecule has 1 unspecified atom stereocenters. The molecule has 1 aliphatic heterocycles. The Morgan fingerprint density at radius 3 is 2.31 bits per heavy atom. The summed E-state index contributed by atoms with van der Waals surface area (Å²) in [5.74, 6) is -1.93. The fourth-order valence-electron chi connectivity index (χ4n) is 3.31. The summed E-state index contributed by atoms with van der Waals surface area (Å²) in [6.45, 7) is 2.65. The minimum atomic E-state index is -0.878. The van der Waals surface area contributed by atoms with Gasteiger partial charge in [-0.3, -0.25) is 0 Å². The zero-order valence-corrected chi connectivity index (χ0v) is 16.1. The number of ether oxygens (including phenoxy) is 2. The van der Waals surface area contributed by atoms with Crippen LogP contribution in [0.25, 0.3) is 11.1 Å². The molecule has 150 valence electrons. The Kier molecular flexibility index (Phi) is 5.58. The van der Waals surface area contributed by atoms with Gasteiger partial charge in [0.2, 0.25) is 0 Å². The lowest BCUT2D eigenvalue weighted by atomic mass is 10.0. The average Bonchev–Trinajstić information content (AvgIpc) is 3.55. The Morgan fingerprint density at radius 2 is 1.66 bits per heavy atom. The van der Waals surface area contributed by atoms with E-state index in [9.17, 15) is 13.2 Å². The fraction of sp³-hybridized carbons (Fsp3) is 0.250. The van der Waals surface area contributed by atoms with Gasteiger partial charge < -0.3 is 9.47 Å². The molecule has 0 saturated carbocycles. The lowest BCUT2D eigenvalue weighted by Gasteiger charge is -2.10. The summed E-state index contributed by atoms with van der Waals surface area (Å²) in [6, 6.07) is 15.0. The monoisotopic (exact) mass is 398 g/mol. The minimum Gasteiger partial charge on any atom is -0.486 e. The highest BCUT2D eigenvalue weighted by molar-refractivity contribution is 5.65. The highest BCUT2D eigenvalue weighted by Crippen LogP contribution is 2.35. The molecule has 5 heteroatoms. The quantitative estimate of drug-likeness (QED) is 0.431. The maximum atomic E-state index is 14.4. The number of rotatable bonds is 7. The molecular weight excluding hydrogens is 377 g/mol. The topological polar surface area (TPSA) is 21.8 Å². The van der Waals surface area contributed by atoms with Crippen molar-refractivity contribution in [1.82, 2.24) is 0 Å². The number of hydrogen-bond acceptors (Lipinski definition) is 2. The van der Waals surface area contributed by atoms with Crippen LogP contribution in [0.15, 0.2) is 54.6 Å². The van der Waals surface area contributed by atoms with Crippen molar-refractivity contribution in [3.05, 3.63) is 88.7 Å². The first kappa shape index (κ1) is 19.5. The van der Waals surface area contributed by atoms with E-state index in [2.05, 4.69) is 0 Å².